The second kappa shape index (κ2) is 2.84. The Morgan fingerprint density at radius 3 is 2.33 bits per heavy atom. The molecule has 0 bridgehead atoms. The van der Waals surface area contributed by atoms with Crippen LogP contribution < -0.4 is 0 Å². The van der Waals surface area contributed by atoms with Gasteiger partial charge in [0.1, 0.15) is 6.29 Å². The maximum atomic E-state index is 10.9. The molecule has 0 aliphatic heterocycles. The van der Waals surface area contributed by atoms with E-state index in [4.69, 9.17) is 4.74 Å². The summed E-state index contributed by atoms with van der Waals surface area (Å²) >= 11 is 0. The van der Waals surface area contributed by atoms with E-state index in [1.54, 1.807) is 7.11 Å². The lowest BCUT2D eigenvalue weighted by atomic mass is 9.92. The largest absolute Gasteiger partial charge is 0.382 e. The van der Waals surface area contributed by atoms with Gasteiger partial charge in [-0.05, 0) is 25.2 Å². The van der Waals surface area contributed by atoms with Crippen LogP contribution in [0.1, 0.15) is 33.6 Å². The first kappa shape index (κ1) is 9.72. The Hall–Kier alpha value is -0.370. The molecule has 1 aliphatic rings. The number of carbonyl (C=O) groups excluding carboxylic acids is 1. The molecule has 0 saturated heterocycles. The summed E-state index contributed by atoms with van der Waals surface area (Å²) in [6.07, 6.45) is 3.18. The lowest BCUT2D eigenvalue weighted by Gasteiger charge is -2.17. The number of hydrogen-bond donors (Lipinski definition) is 0. The van der Waals surface area contributed by atoms with Crippen molar-refractivity contribution < 1.29 is 9.53 Å². The summed E-state index contributed by atoms with van der Waals surface area (Å²) in [5.74, 6) is 0. The Labute approximate surface area is 74.3 Å². The molecule has 0 spiro atoms. The molecule has 0 aromatic heterocycles. The number of aldehydes is 1. The van der Waals surface area contributed by atoms with Crippen LogP contribution in [0.25, 0.3) is 0 Å². The Morgan fingerprint density at radius 2 is 2.08 bits per heavy atom. The van der Waals surface area contributed by atoms with Gasteiger partial charge >= 0.3 is 0 Å². The van der Waals surface area contributed by atoms with E-state index in [2.05, 4.69) is 13.8 Å². The molecule has 0 heterocycles. The SMILES string of the molecule is COC(C)CC1(C=O)CC1(C)C. The van der Waals surface area contributed by atoms with Crippen LogP contribution in [-0.4, -0.2) is 19.5 Å². The van der Waals surface area contributed by atoms with Gasteiger partial charge in [-0.25, -0.2) is 0 Å². The van der Waals surface area contributed by atoms with Crippen molar-refractivity contribution in [1.29, 1.82) is 0 Å². The van der Waals surface area contributed by atoms with Gasteiger partial charge in [-0.2, -0.15) is 0 Å². The Balaban J connectivity index is 2.56. The maximum absolute atomic E-state index is 10.9. The zero-order chi connectivity index (χ0) is 9.41. The summed E-state index contributed by atoms with van der Waals surface area (Å²) in [7, 11) is 1.69. The van der Waals surface area contributed by atoms with Crippen LogP contribution in [0.4, 0.5) is 0 Å². The fourth-order valence-corrected chi connectivity index (χ4v) is 1.94. The average Bonchev–Trinajstić information content (AvgIpc) is 2.54. The van der Waals surface area contributed by atoms with Crippen LogP contribution in [0.2, 0.25) is 0 Å². The van der Waals surface area contributed by atoms with Crippen LogP contribution in [0, 0.1) is 10.8 Å². The van der Waals surface area contributed by atoms with Gasteiger partial charge < -0.3 is 9.53 Å². The Morgan fingerprint density at radius 1 is 1.58 bits per heavy atom. The average molecular weight is 170 g/mol. The molecule has 1 rings (SSSR count). The molecule has 0 aromatic carbocycles. The molecular formula is C10H18O2. The lowest BCUT2D eigenvalue weighted by molar-refractivity contribution is -0.114. The third kappa shape index (κ3) is 1.40. The first-order valence-electron chi connectivity index (χ1n) is 4.46. The van der Waals surface area contributed by atoms with Gasteiger partial charge in [-0.3, -0.25) is 0 Å². The zero-order valence-corrected chi connectivity index (χ0v) is 8.39. The summed E-state index contributed by atoms with van der Waals surface area (Å²) < 4.78 is 5.16. The smallest absolute Gasteiger partial charge is 0.126 e. The maximum Gasteiger partial charge on any atom is 0.126 e. The minimum absolute atomic E-state index is 0.0948. The van der Waals surface area contributed by atoms with Crippen LogP contribution in [0.15, 0.2) is 0 Å². The van der Waals surface area contributed by atoms with Crippen molar-refractivity contribution in [2.45, 2.75) is 39.7 Å². The van der Waals surface area contributed by atoms with Gasteiger partial charge in [-0.15, -0.1) is 0 Å². The lowest BCUT2D eigenvalue weighted by Crippen LogP contribution is -2.19. The molecule has 12 heavy (non-hydrogen) atoms. The van der Waals surface area contributed by atoms with Crippen molar-refractivity contribution in [2.75, 3.05) is 7.11 Å². The van der Waals surface area contributed by atoms with Crippen molar-refractivity contribution in [1.82, 2.24) is 0 Å². The highest BCUT2D eigenvalue weighted by molar-refractivity contribution is 5.66. The normalized spacial score (nSPS) is 34.3. The zero-order valence-electron chi connectivity index (χ0n) is 8.39. The van der Waals surface area contributed by atoms with Gasteiger partial charge in [0, 0.05) is 12.5 Å². The van der Waals surface area contributed by atoms with Crippen molar-refractivity contribution in [3.8, 4) is 0 Å². The molecule has 0 amide bonds. The number of rotatable bonds is 4. The molecule has 2 heteroatoms. The van der Waals surface area contributed by atoms with Crippen molar-refractivity contribution in [2.24, 2.45) is 10.8 Å². The molecule has 1 saturated carbocycles. The molecule has 0 N–H and O–H groups in total. The van der Waals surface area contributed by atoms with Crippen molar-refractivity contribution >= 4 is 6.29 Å². The number of methoxy groups -OCH3 is 1. The first-order valence-corrected chi connectivity index (χ1v) is 4.46. The predicted molar refractivity (Wildman–Crippen MR) is 48.0 cm³/mol. The van der Waals surface area contributed by atoms with E-state index < -0.39 is 0 Å². The van der Waals surface area contributed by atoms with E-state index in [1.807, 2.05) is 6.92 Å². The quantitative estimate of drug-likeness (QED) is 0.603. The monoisotopic (exact) mass is 170 g/mol. The molecule has 1 fully saturated rings. The Bertz CT molecular complexity index is 186. The predicted octanol–water partition coefficient (Wildman–Crippen LogP) is 2.03. The van der Waals surface area contributed by atoms with E-state index in [-0.39, 0.29) is 16.9 Å². The molecule has 0 aromatic rings. The standard InChI is InChI=1S/C10H18O2/c1-8(12-4)5-10(7-11)6-9(10,2)3/h7-8H,5-6H2,1-4H3. The third-order valence-corrected chi connectivity index (χ3v) is 3.26. The summed E-state index contributed by atoms with van der Waals surface area (Å²) in [6, 6.07) is 0. The second-order valence-corrected chi connectivity index (χ2v) is 4.59. The molecule has 1 aliphatic carbocycles. The minimum atomic E-state index is -0.0948. The molecule has 70 valence electrons. The topological polar surface area (TPSA) is 26.3 Å². The van der Waals surface area contributed by atoms with E-state index in [0.29, 0.717) is 0 Å². The summed E-state index contributed by atoms with van der Waals surface area (Å²) in [5, 5.41) is 0. The molecular weight excluding hydrogens is 152 g/mol. The van der Waals surface area contributed by atoms with Crippen LogP contribution in [-0.2, 0) is 9.53 Å². The highest BCUT2D eigenvalue weighted by Gasteiger charge is 2.61. The number of hydrogen-bond acceptors (Lipinski definition) is 2. The van der Waals surface area contributed by atoms with E-state index in [9.17, 15) is 4.79 Å². The summed E-state index contributed by atoms with van der Waals surface area (Å²) in [4.78, 5) is 10.9. The number of carbonyl (C=O) groups is 1. The molecule has 2 unspecified atom stereocenters. The second-order valence-electron chi connectivity index (χ2n) is 4.59. The fourth-order valence-electron chi connectivity index (χ4n) is 1.94. The highest BCUT2D eigenvalue weighted by Crippen LogP contribution is 2.64. The van der Waals surface area contributed by atoms with Gasteiger partial charge in [0.05, 0.1) is 6.10 Å². The molecule has 2 nitrogen and oxygen atoms in total. The van der Waals surface area contributed by atoms with Gasteiger partial charge in [0.2, 0.25) is 0 Å². The third-order valence-electron chi connectivity index (χ3n) is 3.26. The van der Waals surface area contributed by atoms with Gasteiger partial charge in [-0.1, -0.05) is 13.8 Å². The van der Waals surface area contributed by atoms with E-state index in [0.717, 1.165) is 19.1 Å². The van der Waals surface area contributed by atoms with Crippen molar-refractivity contribution in [3.05, 3.63) is 0 Å². The van der Waals surface area contributed by atoms with E-state index >= 15 is 0 Å². The summed E-state index contributed by atoms with van der Waals surface area (Å²) in [5.41, 5.74) is 0.101. The molecule has 0 radical (unpaired) electrons. The van der Waals surface area contributed by atoms with Crippen molar-refractivity contribution in [3.63, 3.8) is 0 Å². The number of ether oxygens (including phenoxy) is 1. The van der Waals surface area contributed by atoms with Crippen LogP contribution >= 0.6 is 0 Å². The Kier molecular flexibility index (Phi) is 2.30. The molecule has 2 atom stereocenters. The fraction of sp³-hybridized carbons (Fsp3) is 0.900. The van der Waals surface area contributed by atoms with E-state index in [1.165, 1.54) is 0 Å². The summed E-state index contributed by atoms with van der Waals surface area (Å²) in [6.45, 7) is 6.30. The minimum Gasteiger partial charge on any atom is -0.382 e. The van der Waals surface area contributed by atoms with Crippen LogP contribution in [0.3, 0.4) is 0 Å². The van der Waals surface area contributed by atoms with Gasteiger partial charge in [0.25, 0.3) is 0 Å². The first-order chi connectivity index (χ1) is 5.47. The van der Waals surface area contributed by atoms with Gasteiger partial charge in [0.15, 0.2) is 0 Å². The van der Waals surface area contributed by atoms with Crippen LogP contribution in [0.5, 0.6) is 0 Å². The highest BCUT2D eigenvalue weighted by atomic mass is 16.5.